The fourth-order valence-electron chi connectivity index (χ4n) is 2.36. The summed E-state index contributed by atoms with van der Waals surface area (Å²) in [7, 11) is 0. The first-order valence-corrected chi connectivity index (χ1v) is 7.96. The second-order valence-corrected chi connectivity index (χ2v) is 5.73. The number of carbonyl (C=O) groups excluding carboxylic acids is 2. The lowest BCUT2D eigenvalue weighted by atomic mass is 10.1. The number of aryl methyl sites for hydroxylation is 1. The number of benzene rings is 1. The van der Waals surface area contributed by atoms with Crippen molar-refractivity contribution in [1.29, 1.82) is 0 Å². The normalized spacial score (nSPS) is 12.0. The maximum absolute atomic E-state index is 12.4. The fourth-order valence-corrected chi connectivity index (χ4v) is 2.36. The zero-order chi connectivity index (χ0) is 17.7. The molecular weight excluding hydrogens is 308 g/mol. The summed E-state index contributed by atoms with van der Waals surface area (Å²) in [5.41, 5.74) is 1.26. The molecule has 2 amide bonds. The Balaban J connectivity index is 2.10. The van der Waals surface area contributed by atoms with Crippen LogP contribution in [0.15, 0.2) is 29.3 Å². The van der Waals surface area contributed by atoms with Gasteiger partial charge >= 0.3 is 0 Å². The summed E-state index contributed by atoms with van der Waals surface area (Å²) in [6.45, 7) is 5.81. The second kappa shape index (κ2) is 7.72. The van der Waals surface area contributed by atoms with E-state index in [2.05, 4.69) is 15.6 Å². The lowest BCUT2D eigenvalue weighted by Crippen LogP contribution is -2.46. The van der Waals surface area contributed by atoms with Gasteiger partial charge in [0.15, 0.2) is 0 Å². The largest absolute Gasteiger partial charge is 0.354 e. The van der Waals surface area contributed by atoms with Crippen molar-refractivity contribution in [3.8, 4) is 0 Å². The summed E-state index contributed by atoms with van der Waals surface area (Å²) in [5.74, 6) is -0.658. The standard InChI is InChI=1S/C17H22N4O3/c1-4-8-18-16(23)12(3)20-14(22)9-21-10-19-15-11(2)6-5-7-13(15)17(21)24/h5-7,10,12H,4,8-9H2,1-3H3,(H,18,23)(H,20,22). The van der Waals surface area contributed by atoms with E-state index in [1.807, 2.05) is 19.9 Å². The number of rotatable bonds is 6. The first-order valence-electron chi connectivity index (χ1n) is 7.96. The van der Waals surface area contributed by atoms with E-state index in [1.54, 1.807) is 19.1 Å². The first kappa shape index (κ1) is 17.7. The summed E-state index contributed by atoms with van der Waals surface area (Å²) in [6.07, 6.45) is 2.18. The monoisotopic (exact) mass is 330 g/mol. The van der Waals surface area contributed by atoms with Crippen LogP contribution in [0.5, 0.6) is 0 Å². The Labute approximate surface area is 140 Å². The summed E-state index contributed by atoms with van der Waals surface area (Å²) < 4.78 is 1.24. The van der Waals surface area contributed by atoms with Gasteiger partial charge in [0.1, 0.15) is 12.6 Å². The Kier molecular flexibility index (Phi) is 5.68. The predicted molar refractivity (Wildman–Crippen MR) is 91.6 cm³/mol. The van der Waals surface area contributed by atoms with Gasteiger partial charge in [0.05, 0.1) is 17.2 Å². The lowest BCUT2D eigenvalue weighted by Gasteiger charge is -2.14. The lowest BCUT2D eigenvalue weighted by molar-refractivity contribution is -0.128. The third kappa shape index (κ3) is 3.98. The minimum absolute atomic E-state index is 0.179. The third-order valence-corrected chi connectivity index (χ3v) is 3.69. The molecule has 1 unspecified atom stereocenters. The Hall–Kier alpha value is -2.70. The molecule has 1 aromatic carbocycles. The van der Waals surface area contributed by atoms with Crippen LogP contribution in [-0.2, 0) is 16.1 Å². The highest BCUT2D eigenvalue weighted by molar-refractivity contribution is 5.87. The van der Waals surface area contributed by atoms with Gasteiger partial charge in [0.2, 0.25) is 11.8 Å². The molecule has 0 aliphatic rings. The van der Waals surface area contributed by atoms with Crippen LogP contribution in [0.4, 0.5) is 0 Å². The molecule has 0 aliphatic heterocycles. The van der Waals surface area contributed by atoms with Crippen LogP contribution in [0.3, 0.4) is 0 Å². The minimum atomic E-state index is -0.657. The third-order valence-electron chi connectivity index (χ3n) is 3.69. The van der Waals surface area contributed by atoms with Gasteiger partial charge in [-0.3, -0.25) is 19.0 Å². The van der Waals surface area contributed by atoms with Crippen molar-refractivity contribution in [3.63, 3.8) is 0 Å². The average molecular weight is 330 g/mol. The molecule has 1 heterocycles. The van der Waals surface area contributed by atoms with Crippen molar-refractivity contribution >= 4 is 22.7 Å². The molecule has 0 radical (unpaired) electrons. The zero-order valence-electron chi connectivity index (χ0n) is 14.1. The molecule has 7 heteroatoms. The summed E-state index contributed by atoms with van der Waals surface area (Å²) >= 11 is 0. The summed E-state index contributed by atoms with van der Waals surface area (Å²) in [5, 5.41) is 5.77. The molecule has 128 valence electrons. The molecule has 2 rings (SSSR count). The van der Waals surface area contributed by atoms with E-state index in [0.717, 1.165) is 12.0 Å². The molecule has 0 aliphatic carbocycles. The number of hydrogen-bond donors (Lipinski definition) is 2. The van der Waals surface area contributed by atoms with Gasteiger partial charge < -0.3 is 10.6 Å². The molecule has 0 bridgehead atoms. The van der Waals surface area contributed by atoms with Gasteiger partial charge in [-0.05, 0) is 31.9 Å². The SMILES string of the molecule is CCCNC(=O)C(C)NC(=O)Cn1cnc2c(C)cccc2c1=O. The Morgan fingerprint density at radius 3 is 2.79 bits per heavy atom. The molecule has 1 aromatic heterocycles. The molecule has 24 heavy (non-hydrogen) atoms. The summed E-state index contributed by atoms with van der Waals surface area (Å²) in [4.78, 5) is 40.5. The van der Waals surface area contributed by atoms with Crippen LogP contribution in [-0.4, -0.2) is 34.0 Å². The number of para-hydroxylation sites is 1. The Morgan fingerprint density at radius 1 is 1.33 bits per heavy atom. The quantitative estimate of drug-likeness (QED) is 0.817. The maximum atomic E-state index is 12.4. The number of nitrogens with one attached hydrogen (secondary N) is 2. The first-order chi connectivity index (χ1) is 11.4. The van der Waals surface area contributed by atoms with Crippen LogP contribution < -0.4 is 16.2 Å². The highest BCUT2D eigenvalue weighted by Gasteiger charge is 2.16. The minimum Gasteiger partial charge on any atom is -0.354 e. The fraction of sp³-hybridized carbons (Fsp3) is 0.412. The van der Waals surface area contributed by atoms with Gasteiger partial charge in [0, 0.05) is 6.54 Å². The van der Waals surface area contributed by atoms with Gasteiger partial charge in [-0.15, -0.1) is 0 Å². The van der Waals surface area contributed by atoms with E-state index < -0.39 is 11.9 Å². The highest BCUT2D eigenvalue weighted by atomic mass is 16.2. The van der Waals surface area contributed by atoms with E-state index in [1.165, 1.54) is 10.9 Å². The molecule has 0 fully saturated rings. The van der Waals surface area contributed by atoms with Crippen molar-refractivity contribution in [1.82, 2.24) is 20.2 Å². The average Bonchev–Trinajstić information content (AvgIpc) is 2.55. The van der Waals surface area contributed by atoms with Crippen LogP contribution in [0.25, 0.3) is 10.9 Å². The van der Waals surface area contributed by atoms with E-state index >= 15 is 0 Å². The molecule has 7 nitrogen and oxygen atoms in total. The van der Waals surface area contributed by atoms with Gasteiger partial charge in [-0.25, -0.2) is 4.98 Å². The topological polar surface area (TPSA) is 93.1 Å². The van der Waals surface area contributed by atoms with E-state index in [0.29, 0.717) is 17.4 Å². The zero-order valence-corrected chi connectivity index (χ0v) is 14.1. The molecular formula is C17H22N4O3. The van der Waals surface area contributed by atoms with Crippen molar-refractivity contribution in [2.45, 2.75) is 39.8 Å². The number of nitrogens with zero attached hydrogens (tertiary/aromatic N) is 2. The smallest absolute Gasteiger partial charge is 0.261 e. The summed E-state index contributed by atoms with van der Waals surface area (Å²) in [6, 6.07) is 4.69. The number of fused-ring (bicyclic) bond motifs is 1. The highest BCUT2D eigenvalue weighted by Crippen LogP contribution is 2.11. The van der Waals surface area contributed by atoms with Crippen molar-refractivity contribution in [2.75, 3.05) is 6.54 Å². The number of amides is 2. The molecule has 2 aromatic rings. The molecule has 0 saturated carbocycles. The molecule has 0 spiro atoms. The van der Waals surface area contributed by atoms with Gasteiger partial charge in [-0.1, -0.05) is 19.1 Å². The Bertz CT molecular complexity index is 813. The second-order valence-electron chi connectivity index (χ2n) is 5.73. The van der Waals surface area contributed by atoms with Crippen LogP contribution in [0.2, 0.25) is 0 Å². The van der Waals surface area contributed by atoms with Crippen LogP contribution >= 0.6 is 0 Å². The van der Waals surface area contributed by atoms with E-state index in [-0.39, 0.29) is 18.0 Å². The number of aromatic nitrogens is 2. The van der Waals surface area contributed by atoms with Gasteiger partial charge in [0.25, 0.3) is 5.56 Å². The maximum Gasteiger partial charge on any atom is 0.261 e. The number of carbonyl (C=O) groups is 2. The van der Waals surface area contributed by atoms with Crippen molar-refractivity contribution < 1.29 is 9.59 Å². The van der Waals surface area contributed by atoms with Crippen LogP contribution in [0.1, 0.15) is 25.8 Å². The van der Waals surface area contributed by atoms with Gasteiger partial charge in [-0.2, -0.15) is 0 Å². The van der Waals surface area contributed by atoms with E-state index in [4.69, 9.17) is 0 Å². The molecule has 1 atom stereocenters. The molecule has 0 saturated heterocycles. The predicted octanol–water partition coefficient (Wildman–Crippen LogP) is 0.736. The Morgan fingerprint density at radius 2 is 2.08 bits per heavy atom. The van der Waals surface area contributed by atoms with Crippen molar-refractivity contribution in [3.05, 3.63) is 40.4 Å². The van der Waals surface area contributed by atoms with Crippen molar-refractivity contribution in [2.24, 2.45) is 0 Å². The van der Waals surface area contributed by atoms with E-state index in [9.17, 15) is 14.4 Å². The van der Waals surface area contributed by atoms with Crippen LogP contribution in [0, 0.1) is 6.92 Å². The molecule has 2 N–H and O–H groups in total. The number of hydrogen-bond acceptors (Lipinski definition) is 4.